The van der Waals surface area contributed by atoms with Crippen LogP contribution in [-0.2, 0) is 10.0 Å². The van der Waals surface area contributed by atoms with Gasteiger partial charge in [0.05, 0.1) is 11.0 Å². The van der Waals surface area contributed by atoms with Gasteiger partial charge in [-0.3, -0.25) is 5.84 Å². The van der Waals surface area contributed by atoms with Crippen LogP contribution in [0.1, 0.15) is 25.7 Å². The highest BCUT2D eigenvalue weighted by Crippen LogP contribution is 2.21. The van der Waals surface area contributed by atoms with Gasteiger partial charge < -0.3 is 10.5 Å². The molecule has 1 fully saturated rings. The molecule has 0 saturated heterocycles. The number of hydrogen-bond donors (Lipinski definition) is 4. The smallest absolute Gasteiger partial charge is 0.240 e. The summed E-state index contributed by atoms with van der Waals surface area (Å²) in [4.78, 5) is 0.171. The first-order valence-electron chi connectivity index (χ1n) is 6.30. The summed E-state index contributed by atoms with van der Waals surface area (Å²) < 4.78 is 26.9. The van der Waals surface area contributed by atoms with Crippen molar-refractivity contribution >= 4 is 15.7 Å². The molecule has 1 aromatic rings. The molecule has 0 bridgehead atoms. The van der Waals surface area contributed by atoms with E-state index in [1.54, 1.807) is 12.1 Å². The Labute approximate surface area is 113 Å². The summed E-state index contributed by atoms with van der Waals surface area (Å²) in [5.41, 5.74) is 3.07. The molecule has 1 aliphatic carbocycles. The molecule has 2 rings (SSSR count). The van der Waals surface area contributed by atoms with Gasteiger partial charge >= 0.3 is 0 Å². The van der Waals surface area contributed by atoms with Crippen molar-refractivity contribution in [3.63, 3.8) is 0 Å². The van der Waals surface area contributed by atoms with Crippen molar-refractivity contribution in [2.75, 3.05) is 5.43 Å². The van der Waals surface area contributed by atoms with Crippen LogP contribution in [0, 0.1) is 0 Å². The second-order valence-electron chi connectivity index (χ2n) is 4.75. The lowest BCUT2D eigenvalue weighted by atomic mass is 9.93. The predicted molar refractivity (Wildman–Crippen MR) is 72.8 cm³/mol. The number of nitrogens with two attached hydrogens (primary N) is 1. The third kappa shape index (κ3) is 3.44. The van der Waals surface area contributed by atoms with E-state index in [-0.39, 0.29) is 4.90 Å². The minimum atomic E-state index is -3.60. The maximum atomic E-state index is 12.2. The number of nitrogens with one attached hydrogen (secondary N) is 2. The Kier molecular flexibility index (Phi) is 4.41. The number of hydrogen-bond acceptors (Lipinski definition) is 5. The summed E-state index contributed by atoms with van der Waals surface area (Å²) >= 11 is 0. The molecule has 1 aromatic carbocycles. The number of aliphatic hydroxyl groups is 1. The van der Waals surface area contributed by atoms with Crippen LogP contribution in [0.5, 0.6) is 0 Å². The summed E-state index contributed by atoms with van der Waals surface area (Å²) in [5.74, 6) is 5.23. The van der Waals surface area contributed by atoms with E-state index < -0.39 is 22.2 Å². The molecule has 106 valence electrons. The van der Waals surface area contributed by atoms with E-state index in [0.29, 0.717) is 18.5 Å². The molecule has 0 amide bonds. The van der Waals surface area contributed by atoms with Gasteiger partial charge in [0.2, 0.25) is 10.0 Å². The van der Waals surface area contributed by atoms with E-state index in [4.69, 9.17) is 5.84 Å². The number of aliphatic hydroxyl groups excluding tert-OH is 1. The van der Waals surface area contributed by atoms with Gasteiger partial charge in [0.1, 0.15) is 0 Å². The molecule has 0 spiro atoms. The number of rotatable bonds is 4. The minimum absolute atomic E-state index is 0.171. The van der Waals surface area contributed by atoms with Crippen LogP contribution < -0.4 is 16.0 Å². The van der Waals surface area contributed by atoms with E-state index in [1.807, 2.05) is 0 Å². The normalized spacial score (nSPS) is 24.1. The summed E-state index contributed by atoms with van der Waals surface area (Å²) in [6.07, 6.45) is 2.58. The molecule has 6 nitrogen and oxygen atoms in total. The average molecular weight is 285 g/mol. The lowest BCUT2D eigenvalue weighted by molar-refractivity contribution is 0.101. The Morgan fingerprint density at radius 2 is 1.79 bits per heavy atom. The van der Waals surface area contributed by atoms with Gasteiger partial charge in [-0.25, -0.2) is 13.1 Å². The van der Waals surface area contributed by atoms with Crippen molar-refractivity contribution in [2.24, 2.45) is 5.84 Å². The van der Waals surface area contributed by atoms with Crippen LogP contribution in [0.4, 0.5) is 5.69 Å². The quantitative estimate of drug-likeness (QED) is 0.478. The molecule has 2 unspecified atom stereocenters. The summed E-state index contributed by atoms with van der Waals surface area (Å²) in [6, 6.07) is 5.74. The van der Waals surface area contributed by atoms with E-state index in [1.165, 1.54) is 12.1 Å². The molecular formula is C12H19N3O3S. The zero-order chi connectivity index (χ0) is 13.9. The minimum Gasteiger partial charge on any atom is -0.391 e. The average Bonchev–Trinajstić information content (AvgIpc) is 2.41. The fraction of sp³-hybridized carbons (Fsp3) is 0.500. The summed E-state index contributed by atoms with van der Waals surface area (Å²) in [5, 5.41) is 9.81. The maximum Gasteiger partial charge on any atom is 0.240 e. The van der Waals surface area contributed by atoms with Crippen LogP contribution in [0.15, 0.2) is 29.2 Å². The SMILES string of the molecule is NNc1ccc(S(=O)(=O)NC2CCCCC2O)cc1. The second-order valence-corrected chi connectivity index (χ2v) is 6.46. The first-order chi connectivity index (χ1) is 9.03. The molecule has 19 heavy (non-hydrogen) atoms. The van der Waals surface area contributed by atoms with Crippen LogP contribution in [-0.4, -0.2) is 25.7 Å². The highest BCUT2D eigenvalue weighted by Gasteiger charge is 2.27. The molecule has 0 aromatic heterocycles. The molecule has 0 heterocycles. The topological polar surface area (TPSA) is 104 Å². The predicted octanol–water partition coefficient (Wildman–Crippen LogP) is 0.554. The number of sulfonamides is 1. The van der Waals surface area contributed by atoms with Crippen LogP contribution >= 0.6 is 0 Å². The lowest BCUT2D eigenvalue weighted by Crippen LogP contribution is -2.44. The summed E-state index contributed by atoms with van der Waals surface area (Å²) in [6.45, 7) is 0. The van der Waals surface area contributed by atoms with Crippen molar-refractivity contribution < 1.29 is 13.5 Å². The van der Waals surface area contributed by atoms with Gasteiger partial charge in [0.15, 0.2) is 0 Å². The van der Waals surface area contributed by atoms with Crippen molar-refractivity contribution in [3.05, 3.63) is 24.3 Å². The fourth-order valence-corrected chi connectivity index (χ4v) is 3.55. The molecule has 2 atom stereocenters. The van der Waals surface area contributed by atoms with Crippen molar-refractivity contribution in [2.45, 2.75) is 42.7 Å². The van der Waals surface area contributed by atoms with Crippen molar-refractivity contribution in [1.29, 1.82) is 0 Å². The Balaban J connectivity index is 2.12. The Morgan fingerprint density at radius 1 is 1.16 bits per heavy atom. The number of anilines is 1. The van der Waals surface area contributed by atoms with Gasteiger partial charge in [-0.15, -0.1) is 0 Å². The Bertz CT molecular complexity index is 516. The molecule has 5 N–H and O–H groups in total. The van der Waals surface area contributed by atoms with Gasteiger partial charge in [-0.1, -0.05) is 12.8 Å². The van der Waals surface area contributed by atoms with Gasteiger partial charge in [-0.2, -0.15) is 0 Å². The van der Waals surface area contributed by atoms with Crippen LogP contribution in [0.3, 0.4) is 0 Å². The van der Waals surface area contributed by atoms with Gasteiger partial charge in [0, 0.05) is 11.7 Å². The molecule has 7 heteroatoms. The van der Waals surface area contributed by atoms with E-state index in [9.17, 15) is 13.5 Å². The molecule has 0 aliphatic heterocycles. The van der Waals surface area contributed by atoms with Crippen LogP contribution in [0.2, 0.25) is 0 Å². The number of hydrazine groups is 1. The fourth-order valence-electron chi connectivity index (χ4n) is 2.25. The highest BCUT2D eigenvalue weighted by molar-refractivity contribution is 7.89. The molecule has 0 radical (unpaired) electrons. The van der Waals surface area contributed by atoms with E-state index in [0.717, 1.165) is 12.8 Å². The molecular weight excluding hydrogens is 266 g/mol. The number of benzene rings is 1. The largest absolute Gasteiger partial charge is 0.391 e. The van der Waals surface area contributed by atoms with Crippen molar-refractivity contribution in [1.82, 2.24) is 4.72 Å². The van der Waals surface area contributed by atoms with Gasteiger partial charge in [-0.05, 0) is 37.1 Å². The van der Waals surface area contributed by atoms with Gasteiger partial charge in [0.25, 0.3) is 0 Å². The Morgan fingerprint density at radius 3 is 2.37 bits per heavy atom. The second kappa shape index (κ2) is 5.87. The lowest BCUT2D eigenvalue weighted by Gasteiger charge is -2.28. The first kappa shape index (κ1) is 14.3. The maximum absolute atomic E-state index is 12.2. The Hall–Kier alpha value is -1.15. The zero-order valence-electron chi connectivity index (χ0n) is 10.5. The first-order valence-corrected chi connectivity index (χ1v) is 7.78. The van der Waals surface area contributed by atoms with E-state index in [2.05, 4.69) is 10.1 Å². The standard InChI is InChI=1S/C12H19N3O3S/c13-14-9-5-7-10(8-6-9)19(17,18)15-11-3-1-2-4-12(11)16/h5-8,11-12,14-16H,1-4,13H2. The summed E-state index contributed by atoms with van der Waals surface area (Å²) in [7, 11) is -3.60. The van der Waals surface area contributed by atoms with Crippen molar-refractivity contribution in [3.8, 4) is 0 Å². The third-order valence-electron chi connectivity index (χ3n) is 3.37. The third-order valence-corrected chi connectivity index (χ3v) is 4.87. The van der Waals surface area contributed by atoms with Crippen LogP contribution in [0.25, 0.3) is 0 Å². The zero-order valence-corrected chi connectivity index (χ0v) is 11.4. The molecule has 1 aliphatic rings. The van der Waals surface area contributed by atoms with E-state index >= 15 is 0 Å². The molecule has 1 saturated carbocycles. The monoisotopic (exact) mass is 285 g/mol. The number of nitrogen functional groups attached to an aromatic ring is 1. The highest BCUT2D eigenvalue weighted by atomic mass is 32.2.